The van der Waals surface area contributed by atoms with Gasteiger partial charge in [-0.05, 0) is 45.2 Å². The van der Waals surface area contributed by atoms with Gasteiger partial charge in [0, 0.05) is 17.6 Å². The van der Waals surface area contributed by atoms with Crippen LogP contribution in [-0.2, 0) is 11.2 Å². The smallest absolute Gasteiger partial charge is 0.226 e. The van der Waals surface area contributed by atoms with E-state index in [0.29, 0.717) is 18.9 Å². The Kier molecular flexibility index (Phi) is 4.10. The van der Waals surface area contributed by atoms with E-state index in [4.69, 9.17) is 4.74 Å². The normalized spacial score (nSPS) is 22.8. The molecule has 1 unspecified atom stereocenters. The number of nitrogens with one attached hydrogen (secondary N) is 2. The van der Waals surface area contributed by atoms with Crippen LogP contribution in [0.1, 0.15) is 38.3 Å². The summed E-state index contributed by atoms with van der Waals surface area (Å²) in [5.74, 6) is 0.636. The number of aromatic nitrogens is 1. The summed E-state index contributed by atoms with van der Waals surface area (Å²) in [4.78, 5) is 16.6. The van der Waals surface area contributed by atoms with Crippen molar-refractivity contribution in [2.24, 2.45) is 0 Å². The minimum atomic E-state index is 0.0520. The van der Waals surface area contributed by atoms with E-state index in [-0.39, 0.29) is 17.5 Å². The summed E-state index contributed by atoms with van der Waals surface area (Å²) >= 11 is 0. The molecule has 0 radical (unpaired) electrons. The Balaban J connectivity index is 1.57. The average molecular weight is 289 g/mol. The second-order valence-electron chi connectivity index (χ2n) is 5.92. The van der Waals surface area contributed by atoms with Crippen LogP contribution in [0.25, 0.3) is 0 Å². The molecule has 114 valence electrons. The maximum absolute atomic E-state index is 12.2. The molecule has 21 heavy (non-hydrogen) atoms. The van der Waals surface area contributed by atoms with Gasteiger partial charge < -0.3 is 15.4 Å². The third kappa shape index (κ3) is 3.02. The number of carbonyl (C=O) groups excluding carboxylic acids is 1. The van der Waals surface area contributed by atoms with Gasteiger partial charge in [-0.1, -0.05) is 6.07 Å². The lowest BCUT2D eigenvalue weighted by molar-refractivity contribution is -0.121. The van der Waals surface area contributed by atoms with E-state index in [1.54, 1.807) is 0 Å². The zero-order valence-electron chi connectivity index (χ0n) is 12.5. The van der Waals surface area contributed by atoms with Crippen LogP contribution < -0.4 is 15.4 Å². The second-order valence-corrected chi connectivity index (χ2v) is 5.92. The lowest BCUT2D eigenvalue weighted by Crippen LogP contribution is -2.59. The molecule has 1 aromatic rings. The molecular weight excluding hydrogens is 266 g/mol. The summed E-state index contributed by atoms with van der Waals surface area (Å²) in [6.45, 7) is 3.51. The summed E-state index contributed by atoms with van der Waals surface area (Å²) in [7, 11) is 0. The molecule has 0 aromatic carbocycles. The first-order valence-corrected chi connectivity index (χ1v) is 7.85. The molecule has 1 spiro atoms. The standard InChI is InChI=1S/C16H23N3O2/c1-2-21-15-6-3-5-12(18-15)11-14(20)19-13-7-10-17-16(13)8-4-9-16/h3,5-6,13,17H,2,4,7-11H2,1H3,(H,19,20). The molecule has 2 aliphatic rings. The Morgan fingerprint density at radius 3 is 3.10 bits per heavy atom. The van der Waals surface area contributed by atoms with E-state index < -0.39 is 0 Å². The lowest BCUT2D eigenvalue weighted by Gasteiger charge is -2.43. The SMILES string of the molecule is CCOc1cccc(CC(=O)NC2CCNC23CCC3)n1. The number of nitrogens with zero attached hydrogens (tertiary/aromatic N) is 1. The zero-order valence-corrected chi connectivity index (χ0v) is 12.5. The molecule has 3 rings (SSSR count). The number of carbonyl (C=O) groups is 1. The van der Waals surface area contributed by atoms with E-state index in [9.17, 15) is 4.79 Å². The van der Waals surface area contributed by atoms with Gasteiger partial charge in [-0.15, -0.1) is 0 Å². The topological polar surface area (TPSA) is 63.2 Å². The summed E-state index contributed by atoms with van der Waals surface area (Å²) in [5.41, 5.74) is 0.933. The number of ether oxygens (including phenoxy) is 1. The Morgan fingerprint density at radius 2 is 2.38 bits per heavy atom. The van der Waals surface area contributed by atoms with Gasteiger partial charge in [-0.25, -0.2) is 4.98 Å². The van der Waals surface area contributed by atoms with Crippen LogP contribution in [0, 0.1) is 0 Å². The molecule has 1 aromatic heterocycles. The third-order valence-corrected chi connectivity index (χ3v) is 4.57. The largest absolute Gasteiger partial charge is 0.478 e. The van der Waals surface area contributed by atoms with E-state index >= 15 is 0 Å². The molecule has 1 atom stereocenters. The number of hydrogen-bond acceptors (Lipinski definition) is 4. The van der Waals surface area contributed by atoms with Crippen LogP contribution in [-0.4, -0.2) is 35.6 Å². The molecule has 5 nitrogen and oxygen atoms in total. The molecule has 1 aliphatic carbocycles. The molecule has 1 saturated carbocycles. The highest BCUT2D eigenvalue weighted by atomic mass is 16.5. The maximum atomic E-state index is 12.2. The summed E-state index contributed by atoms with van der Waals surface area (Å²) in [6.07, 6.45) is 4.95. The Morgan fingerprint density at radius 1 is 1.52 bits per heavy atom. The summed E-state index contributed by atoms with van der Waals surface area (Å²) < 4.78 is 5.37. The molecule has 1 aliphatic heterocycles. The predicted octanol–water partition coefficient (Wildman–Crippen LogP) is 1.42. The van der Waals surface area contributed by atoms with Gasteiger partial charge in [0.1, 0.15) is 0 Å². The van der Waals surface area contributed by atoms with E-state index in [2.05, 4.69) is 15.6 Å². The van der Waals surface area contributed by atoms with Gasteiger partial charge in [0.05, 0.1) is 18.7 Å². The van der Waals surface area contributed by atoms with Crippen LogP contribution >= 0.6 is 0 Å². The molecule has 2 heterocycles. The van der Waals surface area contributed by atoms with E-state index in [0.717, 1.165) is 18.7 Å². The second kappa shape index (κ2) is 6.02. The van der Waals surface area contributed by atoms with Gasteiger partial charge in [-0.2, -0.15) is 0 Å². The van der Waals surface area contributed by atoms with Gasteiger partial charge in [-0.3, -0.25) is 4.79 Å². The summed E-state index contributed by atoms with van der Waals surface area (Å²) in [5, 5.41) is 6.75. The van der Waals surface area contributed by atoms with Crippen molar-refractivity contribution in [2.45, 2.75) is 50.6 Å². The van der Waals surface area contributed by atoms with Crippen molar-refractivity contribution < 1.29 is 9.53 Å². The number of pyridine rings is 1. The monoisotopic (exact) mass is 289 g/mol. The van der Waals surface area contributed by atoms with Crippen molar-refractivity contribution in [2.75, 3.05) is 13.2 Å². The molecule has 1 amide bonds. The van der Waals surface area contributed by atoms with Crippen molar-refractivity contribution in [1.82, 2.24) is 15.6 Å². The molecule has 1 saturated heterocycles. The first kappa shape index (κ1) is 14.3. The van der Waals surface area contributed by atoms with E-state index in [1.165, 1.54) is 19.3 Å². The van der Waals surface area contributed by atoms with Gasteiger partial charge in [0.2, 0.25) is 11.8 Å². The van der Waals surface area contributed by atoms with Crippen LogP contribution in [0.4, 0.5) is 0 Å². The fourth-order valence-electron chi connectivity index (χ4n) is 3.35. The first-order chi connectivity index (χ1) is 10.2. The lowest BCUT2D eigenvalue weighted by atomic mass is 9.73. The van der Waals surface area contributed by atoms with Crippen molar-refractivity contribution in [3.63, 3.8) is 0 Å². The molecule has 5 heteroatoms. The Bertz CT molecular complexity index is 514. The third-order valence-electron chi connectivity index (χ3n) is 4.57. The number of amides is 1. The van der Waals surface area contributed by atoms with Gasteiger partial charge in [0.15, 0.2) is 0 Å². The fraction of sp³-hybridized carbons (Fsp3) is 0.625. The van der Waals surface area contributed by atoms with E-state index in [1.807, 2.05) is 25.1 Å². The first-order valence-electron chi connectivity index (χ1n) is 7.85. The highest BCUT2D eigenvalue weighted by Crippen LogP contribution is 2.39. The predicted molar refractivity (Wildman–Crippen MR) is 80.2 cm³/mol. The molecule has 2 fully saturated rings. The number of rotatable bonds is 5. The number of hydrogen-bond donors (Lipinski definition) is 2. The van der Waals surface area contributed by atoms with Crippen LogP contribution in [0.15, 0.2) is 18.2 Å². The van der Waals surface area contributed by atoms with Crippen molar-refractivity contribution in [3.8, 4) is 5.88 Å². The maximum Gasteiger partial charge on any atom is 0.226 e. The Labute approximate surface area is 125 Å². The molecular formula is C16H23N3O2. The minimum Gasteiger partial charge on any atom is -0.478 e. The average Bonchev–Trinajstić information content (AvgIpc) is 2.83. The fourth-order valence-corrected chi connectivity index (χ4v) is 3.35. The van der Waals surface area contributed by atoms with Crippen molar-refractivity contribution in [1.29, 1.82) is 0 Å². The van der Waals surface area contributed by atoms with Crippen molar-refractivity contribution in [3.05, 3.63) is 23.9 Å². The van der Waals surface area contributed by atoms with Gasteiger partial charge >= 0.3 is 0 Å². The molecule has 2 N–H and O–H groups in total. The Hall–Kier alpha value is -1.62. The quantitative estimate of drug-likeness (QED) is 0.860. The highest BCUT2D eigenvalue weighted by Gasteiger charge is 2.47. The zero-order chi connectivity index (χ0) is 14.7. The van der Waals surface area contributed by atoms with Crippen LogP contribution in [0.5, 0.6) is 5.88 Å². The van der Waals surface area contributed by atoms with Crippen LogP contribution in [0.2, 0.25) is 0 Å². The van der Waals surface area contributed by atoms with Crippen LogP contribution in [0.3, 0.4) is 0 Å². The minimum absolute atomic E-state index is 0.0520. The summed E-state index contributed by atoms with van der Waals surface area (Å²) in [6, 6.07) is 5.84. The molecule has 0 bridgehead atoms. The van der Waals surface area contributed by atoms with Gasteiger partial charge in [0.25, 0.3) is 0 Å². The highest BCUT2D eigenvalue weighted by molar-refractivity contribution is 5.78. The van der Waals surface area contributed by atoms with Crippen molar-refractivity contribution >= 4 is 5.91 Å².